The van der Waals surface area contributed by atoms with Gasteiger partial charge in [-0.2, -0.15) is 11.3 Å². The minimum Gasteiger partial charge on any atom is -0.324 e. The average molecular weight is 232 g/mol. The van der Waals surface area contributed by atoms with Crippen molar-refractivity contribution in [1.82, 2.24) is 0 Å². The molecule has 0 aromatic carbocycles. The van der Waals surface area contributed by atoms with E-state index in [2.05, 4.69) is 26.7 Å². The molecule has 1 fully saturated rings. The van der Waals surface area contributed by atoms with E-state index in [0.29, 0.717) is 0 Å². The van der Waals surface area contributed by atoms with Crippen molar-refractivity contribution in [3.8, 4) is 0 Å². The SMILES string of the molecule is N[C@@H](c1cscc1Br)C1CC1. The third-order valence-corrected chi connectivity index (χ3v) is 3.88. The van der Waals surface area contributed by atoms with Crippen molar-refractivity contribution in [1.29, 1.82) is 0 Å². The number of halogens is 1. The largest absolute Gasteiger partial charge is 0.324 e. The van der Waals surface area contributed by atoms with Crippen molar-refractivity contribution in [3.05, 3.63) is 20.8 Å². The summed E-state index contributed by atoms with van der Waals surface area (Å²) >= 11 is 5.21. The van der Waals surface area contributed by atoms with Crippen LogP contribution in [0, 0.1) is 5.92 Å². The highest BCUT2D eigenvalue weighted by atomic mass is 79.9. The van der Waals surface area contributed by atoms with Crippen molar-refractivity contribution in [2.24, 2.45) is 11.7 Å². The third kappa shape index (κ3) is 1.50. The lowest BCUT2D eigenvalue weighted by atomic mass is 10.1. The van der Waals surface area contributed by atoms with Crippen molar-refractivity contribution < 1.29 is 0 Å². The van der Waals surface area contributed by atoms with Gasteiger partial charge in [-0.3, -0.25) is 0 Å². The van der Waals surface area contributed by atoms with E-state index in [4.69, 9.17) is 5.73 Å². The van der Waals surface area contributed by atoms with Crippen LogP contribution in [0.2, 0.25) is 0 Å². The monoisotopic (exact) mass is 231 g/mol. The van der Waals surface area contributed by atoms with E-state index in [1.165, 1.54) is 22.9 Å². The maximum Gasteiger partial charge on any atom is 0.0343 e. The number of nitrogens with two attached hydrogens (primary N) is 1. The molecule has 0 aliphatic heterocycles. The summed E-state index contributed by atoms with van der Waals surface area (Å²) in [6.07, 6.45) is 2.62. The maximum atomic E-state index is 6.02. The summed E-state index contributed by atoms with van der Waals surface area (Å²) < 4.78 is 1.18. The number of thiophene rings is 1. The van der Waals surface area contributed by atoms with E-state index in [1.54, 1.807) is 11.3 Å². The maximum absolute atomic E-state index is 6.02. The fourth-order valence-electron chi connectivity index (χ4n) is 1.24. The zero-order valence-electron chi connectivity index (χ0n) is 6.09. The van der Waals surface area contributed by atoms with Gasteiger partial charge in [-0.05, 0) is 45.6 Å². The standard InChI is InChI=1S/C8H10BrNS/c9-7-4-11-3-6(7)8(10)5-1-2-5/h3-5,8H,1-2,10H2/t8-/m1/s1. The minimum absolute atomic E-state index is 0.274. The summed E-state index contributed by atoms with van der Waals surface area (Å²) in [4.78, 5) is 0. The molecule has 60 valence electrons. The van der Waals surface area contributed by atoms with Crippen LogP contribution in [0.15, 0.2) is 15.2 Å². The second-order valence-corrected chi connectivity index (χ2v) is 4.64. The van der Waals surface area contributed by atoms with Crippen LogP contribution >= 0.6 is 27.3 Å². The van der Waals surface area contributed by atoms with E-state index < -0.39 is 0 Å². The van der Waals surface area contributed by atoms with Gasteiger partial charge in [-0.25, -0.2) is 0 Å². The highest BCUT2D eigenvalue weighted by molar-refractivity contribution is 9.10. The van der Waals surface area contributed by atoms with Crippen LogP contribution < -0.4 is 5.73 Å². The van der Waals surface area contributed by atoms with Gasteiger partial charge in [0.15, 0.2) is 0 Å². The first kappa shape index (κ1) is 7.77. The van der Waals surface area contributed by atoms with Crippen LogP contribution in [0.4, 0.5) is 0 Å². The van der Waals surface area contributed by atoms with Crippen molar-refractivity contribution in [3.63, 3.8) is 0 Å². The second-order valence-electron chi connectivity index (χ2n) is 3.04. The van der Waals surface area contributed by atoms with Gasteiger partial charge in [-0.1, -0.05) is 0 Å². The molecule has 2 N–H and O–H groups in total. The molecule has 0 unspecified atom stereocenters. The van der Waals surface area contributed by atoms with E-state index in [1.807, 2.05) is 0 Å². The normalized spacial score (nSPS) is 20.2. The van der Waals surface area contributed by atoms with Gasteiger partial charge < -0.3 is 5.73 Å². The molecule has 0 saturated heterocycles. The fourth-order valence-corrected chi connectivity index (χ4v) is 2.85. The highest BCUT2D eigenvalue weighted by Gasteiger charge is 2.30. The number of hydrogen-bond donors (Lipinski definition) is 1. The molecule has 1 aliphatic carbocycles. The molecule has 1 atom stereocenters. The Balaban J connectivity index is 2.20. The van der Waals surface area contributed by atoms with Crippen LogP contribution in [0.3, 0.4) is 0 Å². The molecule has 11 heavy (non-hydrogen) atoms. The summed E-state index contributed by atoms with van der Waals surface area (Å²) in [6, 6.07) is 0.274. The molecule has 0 amide bonds. The second kappa shape index (κ2) is 2.88. The molecule has 1 heterocycles. The Morgan fingerprint density at radius 1 is 1.55 bits per heavy atom. The lowest BCUT2D eigenvalue weighted by molar-refractivity contribution is 0.633. The van der Waals surface area contributed by atoms with Gasteiger partial charge in [-0.15, -0.1) is 0 Å². The predicted molar refractivity (Wildman–Crippen MR) is 51.7 cm³/mol. The van der Waals surface area contributed by atoms with E-state index in [0.717, 1.165) is 5.92 Å². The van der Waals surface area contributed by atoms with Gasteiger partial charge in [0.05, 0.1) is 0 Å². The quantitative estimate of drug-likeness (QED) is 0.833. The van der Waals surface area contributed by atoms with Crippen molar-refractivity contribution in [2.45, 2.75) is 18.9 Å². The van der Waals surface area contributed by atoms with Gasteiger partial charge in [0.25, 0.3) is 0 Å². The summed E-state index contributed by atoms with van der Waals surface area (Å²) in [7, 11) is 0. The summed E-state index contributed by atoms with van der Waals surface area (Å²) in [6.45, 7) is 0. The summed E-state index contributed by atoms with van der Waals surface area (Å²) in [5.41, 5.74) is 7.31. The fraction of sp³-hybridized carbons (Fsp3) is 0.500. The molecule has 1 saturated carbocycles. The first-order valence-corrected chi connectivity index (χ1v) is 5.50. The number of rotatable bonds is 2. The Morgan fingerprint density at radius 2 is 2.27 bits per heavy atom. The molecule has 1 aliphatic rings. The van der Waals surface area contributed by atoms with Crippen LogP contribution in [0.25, 0.3) is 0 Å². The first-order valence-electron chi connectivity index (χ1n) is 3.76. The lowest BCUT2D eigenvalue weighted by Gasteiger charge is -2.07. The van der Waals surface area contributed by atoms with Crippen LogP contribution in [0.5, 0.6) is 0 Å². The lowest BCUT2D eigenvalue weighted by Crippen LogP contribution is -2.11. The van der Waals surface area contributed by atoms with E-state index in [-0.39, 0.29) is 6.04 Å². The van der Waals surface area contributed by atoms with Gasteiger partial charge in [0, 0.05) is 15.9 Å². The Hall–Kier alpha value is 0.140. The molecule has 1 aromatic heterocycles. The Bertz CT molecular complexity index is 254. The van der Waals surface area contributed by atoms with Gasteiger partial charge in [0.2, 0.25) is 0 Å². The van der Waals surface area contributed by atoms with E-state index in [9.17, 15) is 0 Å². The smallest absolute Gasteiger partial charge is 0.0343 e. The first-order chi connectivity index (χ1) is 5.29. The Labute approximate surface area is 78.7 Å². The Morgan fingerprint density at radius 3 is 2.73 bits per heavy atom. The van der Waals surface area contributed by atoms with E-state index >= 15 is 0 Å². The third-order valence-electron chi connectivity index (χ3n) is 2.13. The molecule has 0 bridgehead atoms. The highest BCUT2D eigenvalue weighted by Crippen LogP contribution is 2.42. The Kier molecular flexibility index (Phi) is 2.04. The van der Waals surface area contributed by atoms with Crippen LogP contribution in [0.1, 0.15) is 24.4 Å². The summed E-state index contributed by atoms with van der Waals surface area (Å²) in [5.74, 6) is 0.751. The average Bonchev–Trinajstić information content (AvgIpc) is 2.74. The molecule has 0 spiro atoms. The summed E-state index contributed by atoms with van der Waals surface area (Å²) in [5, 5.41) is 4.24. The molecule has 2 rings (SSSR count). The topological polar surface area (TPSA) is 26.0 Å². The molecule has 0 radical (unpaired) electrons. The van der Waals surface area contributed by atoms with Crippen molar-refractivity contribution >= 4 is 27.3 Å². The van der Waals surface area contributed by atoms with Crippen LogP contribution in [-0.2, 0) is 0 Å². The molecule has 1 nitrogen and oxygen atoms in total. The number of hydrogen-bond acceptors (Lipinski definition) is 2. The molecular weight excluding hydrogens is 222 g/mol. The predicted octanol–water partition coefficient (Wildman–Crippen LogP) is 2.92. The van der Waals surface area contributed by atoms with Gasteiger partial charge in [0.1, 0.15) is 0 Å². The van der Waals surface area contributed by atoms with Gasteiger partial charge >= 0.3 is 0 Å². The van der Waals surface area contributed by atoms with Crippen LogP contribution in [-0.4, -0.2) is 0 Å². The molecule has 1 aromatic rings. The molecule has 3 heteroatoms. The van der Waals surface area contributed by atoms with Crippen molar-refractivity contribution in [2.75, 3.05) is 0 Å². The zero-order chi connectivity index (χ0) is 7.84. The molecular formula is C8H10BrNS. The minimum atomic E-state index is 0.274. The zero-order valence-corrected chi connectivity index (χ0v) is 8.49.